The summed E-state index contributed by atoms with van der Waals surface area (Å²) < 4.78 is 0. The second kappa shape index (κ2) is 6.73. The number of aryl methyl sites for hydroxylation is 1. The average molecular weight is 386 g/mol. The van der Waals surface area contributed by atoms with E-state index in [-0.39, 0.29) is 11.4 Å². The molecule has 4 heteroatoms. The number of likely N-dealkylation sites (N-methyl/N-ethyl adjacent to an activating group) is 1. The lowest BCUT2D eigenvalue weighted by Crippen LogP contribution is -2.42. The van der Waals surface area contributed by atoms with Crippen LogP contribution in [-0.2, 0) is 4.79 Å². The number of amides is 1. The number of fused-ring (bicyclic) bond motifs is 1. The molecule has 0 radical (unpaired) electrons. The van der Waals surface area contributed by atoms with E-state index < -0.39 is 0 Å². The van der Waals surface area contributed by atoms with Crippen LogP contribution in [-0.4, -0.2) is 24.2 Å². The molecule has 2 aromatic carbocycles. The van der Waals surface area contributed by atoms with Crippen LogP contribution in [0.3, 0.4) is 0 Å². The molecule has 0 bridgehead atoms. The third kappa shape index (κ3) is 3.19. The molecule has 0 atom stereocenters. The molecular weight excluding hydrogens is 358 g/mol. The maximum Gasteiger partial charge on any atom is 0.280 e. The monoisotopic (exact) mass is 385 g/mol. The van der Waals surface area contributed by atoms with Crippen molar-refractivity contribution in [1.29, 1.82) is 0 Å². The Morgan fingerprint density at radius 2 is 1.72 bits per heavy atom. The largest absolute Gasteiger partial charge is 0.365 e. The van der Waals surface area contributed by atoms with Gasteiger partial charge in [-0.25, -0.2) is 0 Å². The van der Waals surface area contributed by atoms with Crippen LogP contribution in [0.1, 0.15) is 44.4 Å². The van der Waals surface area contributed by atoms with Gasteiger partial charge in [0.05, 0.1) is 22.5 Å². The Morgan fingerprint density at radius 3 is 2.41 bits per heavy atom. The fourth-order valence-corrected chi connectivity index (χ4v) is 4.06. The van der Waals surface area contributed by atoms with Gasteiger partial charge in [-0.1, -0.05) is 24.3 Å². The van der Waals surface area contributed by atoms with Crippen LogP contribution in [0.5, 0.6) is 0 Å². The Balaban J connectivity index is 1.76. The highest BCUT2D eigenvalue weighted by Crippen LogP contribution is 2.39. The predicted octanol–water partition coefficient (Wildman–Crippen LogP) is 5.43. The molecule has 0 fully saturated rings. The summed E-state index contributed by atoms with van der Waals surface area (Å²) in [5.41, 5.74) is 8.04. The van der Waals surface area contributed by atoms with Crippen LogP contribution in [0.25, 0.3) is 11.6 Å². The minimum Gasteiger partial charge on any atom is -0.365 e. The van der Waals surface area contributed by atoms with Gasteiger partial charge in [-0.2, -0.15) is 10.1 Å². The molecule has 2 aliphatic rings. The zero-order valence-electron chi connectivity index (χ0n) is 17.9. The summed E-state index contributed by atoms with van der Waals surface area (Å²) in [4.78, 5) is 15.4. The first-order valence-corrected chi connectivity index (χ1v) is 9.94. The highest BCUT2D eigenvalue weighted by Gasteiger charge is 2.31. The minimum absolute atomic E-state index is 0.0235. The van der Waals surface area contributed by atoms with Gasteiger partial charge in [0.25, 0.3) is 5.91 Å². The number of allylic oxidation sites excluding steroid dienone is 1. The molecule has 148 valence electrons. The van der Waals surface area contributed by atoms with E-state index in [4.69, 9.17) is 0 Å². The van der Waals surface area contributed by atoms with E-state index in [1.165, 1.54) is 21.8 Å². The van der Waals surface area contributed by atoms with E-state index in [0.29, 0.717) is 5.57 Å². The normalized spacial score (nSPS) is 19.4. The van der Waals surface area contributed by atoms with Crippen LogP contribution in [0.15, 0.2) is 59.2 Å². The second-order valence-electron chi connectivity index (χ2n) is 8.46. The van der Waals surface area contributed by atoms with Gasteiger partial charge in [0, 0.05) is 18.3 Å². The Morgan fingerprint density at radius 1 is 1.03 bits per heavy atom. The molecule has 29 heavy (non-hydrogen) atoms. The molecule has 0 aromatic heterocycles. The summed E-state index contributed by atoms with van der Waals surface area (Å²) in [7, 11) is 2.13. The van der Waals surface area contributed by atoms with Crippen LogP contribution >= 0.6 is 0 Å². The molecule has 0 spiro atoms. The van der Waals surface area contributed by atoms with Crippen LogP contribution in [0, 0.1) is 6.92 Å². The zero-order valence-corrected chi connectivity index (χ0v) is 17.9. The van der Waals surface area contributed by atoms with Crippen molar-refractivity contribution in [1.82, 2.24) is 0 Å². The van der Waals surface area contributed by atoms with Crippen molar-refractivity contribution in [3.8, 4) is 0 Å². The van der Waals surface area contributed by atoms with Gasteiger partial charge in [0.1, 0.15) is 0 Å². The fraction of sp³-hybridized carbons (Fsp3) is 0.280. The standard InChI is InChI=1S/C25H27N3O/c1-16-12-23-21(17(2)15-25(4,5)27(23)6)13-19(16)14-22-18(3)26-28(24(22)29)20-10-8-7-9-11-20/h7-15H,1-6H3/b22-14+. The molecule has 0 aliphatic carbocycles. The van der Waals surface area contributed by atoms with E-state index in [2.05, 4.69) is 63.0 Å². The first-order valence-electron chi connectivity index (χ1n) is 9.94. The molecule has 2 aliphatic heterocycles. The number of nitrogens with zero attached hydrogens (tertiary/aromatic N) is 3. The SMILES string of the molecule is CC1=CC(C)(C)N(C)c2cc(C)c(/C=C3/C(=O)N(c4ccccc4)N=C3C)cc21. The van der Waals surface area contributed by atoms with Gasteiger partial charge >= 0.3 is 0 Å². The average Bonchev–Trinajstić information content (AvgIpc) is 2.96. The van der Waals surface area contributed by atoms with E-state index >= 15 is 0 Å². The molecule has 4 nitrogen and oxygen atoms in total. The number of hydrazone groups is 1. The van der Waals surface area contributed by atoms with E-state index in [1.807, 2.05) is 43.3 Å². The lowest BCUT2D eigenvalue weighted by molar-refractivity contribution is -0.114. The Kier molecular flexibility index (Phi) is 4.45. The predicted molar refractivity (Wildman–Crippen MR) is 122 cm³/mol. The number of carbonyl (C=O) groups excluding carboxylic acids is 1. The van der Waals surface area contributed by atoms with Gasteiger partial charge in [0.2, 0.25) is 0 Å². The quantitative estimate of drug-likeness (QED) is 0.646. The van der Waals surface area contributed by atoms with Crippen molar-refractivity contribution in [2.45, 2.75) is 40.2 Å². The molecule has 1 amide bonds. The molecule has 2 heterocycles. The fourth-order valence-electron chi connectivity index (χ4n) is 4.06. The maximum atomic E-state index is 13.0. The molecular formula is C25H27N3O. The van der Waals surface area contributed by atoms with Gasteiger partial charge in [-0.15, -0.1) is 0 Å². The number of benzene rings is 2. The molecule has 0 unspecified atom stereocenters. The second-order valence-corrected chi connectivity index (χ2v) is 8.46. The first-order chi connectivity index (χ1) is 13.7. The molecule has 0 N–H and O–H groups in total. The summed E-state index contributed by atoms with van der Waals surface area (Å²) in [6, 6.07) is 14.0. The number of hydrogen-bond donors (Lipinski definition) is 0. The van der Waals surface area contributed by atoms with Crippen molar-refractivity contribution >= 4 is 34.6 Å². The maximum absolute atomic E-state index is 13.0. The van der Waals surface area contributed by atoms with Crippen molar-refractivity contribution in [3.05, 3.63) is 70.8 Å². The van der Waals surface area contributed by atoms with Crippen LogP contribution in [0.2, 0.25) is 0 Å². The van der Waals surface area contributed by atoms with Crippen molar-refractivity contribution in [2.24, 2.45) is 5.10 Å². The first kappa shape index (κ1) is 19.2. The third-order valence-corrected chi connectivity index (χ3v) is 5.97. The summed E-state index contributed by atoms with van der Waals surface area (Å²) >= 11 is 0. The van der Waals surface area contributed by atoms with Crippen LogP contribution in [0.4, 0.5) is 11.4 Å². The lowest BCUT2D eigenvalue weighted by atomic mass is 9.87. The van der Waals surface area contributed by atoms with E-state index in [9.17, 15) is 4.79 Å². The van der Waals surface area contributed by atoms with Crippen molar-refractivity contribution in [3.63, 3.8) is 0 Å². The van der Waals surface area contributed by atoms with Gasteiger partial charge in [-0.05, 0) is 81.7 Å². The summed E-state index contributed by atoms with van der Waals surface area (Å²) in [6.07, 6.45) is 4.28. The third-order valence-electron chi connectivity index (χ3n) is 5.97. The Hall–Kier alpha value is -3.14. The molecule has 4 rings (SSSR count). The van der Waals surface area contributed by atoms with Gasteiger partial charge in [-0.3, -0.25) is 4.79 Å². The molecule has 0 saturated heterocycles. The number of anilines is 2. The summed E-state index contributed by atoms with van der Waals surface area (Å²) in [5, 5.41) is 5.98. The number of carbonyl (C=O) groups is 1. The Labute approximate surface area is 172 Å². The van der Waals surface area contributed by atoms with Gasteiger partial charge in [0.15, 0.2) is 0 Å². The smallest absolute Gasteiger partial charge is 0.280 e. The highest BCUT2D eigenvalue weighted by molar-refractivity contribution is 6.32. The summed E-state index contributed by atoms with van der Waals surface area (Å²) in [5.74, 6) is -0.0867. The Bertz CT molecular complexity index is 1090. The van der Waals surface area contributed by atoms with Crippen molar-refractivity contribution in [2.75, 3.05) is 17.0 Å². The molecule has 0 saturated carbocycles. The minimum atomic E-state index is -0.0867. The zero-order chi connectivity index (χ0) is 20.9. The van der Waals surface area contributed by atoms with Gasteiger partial charge < -0.3 is 4.90 Å². The summed E-state index contributed by atoms with van der Waals surface area (Å²) in [6.45, 7) is 10.6. The topological polar surface area (TPSA) is 35.9 Å². The number of rotatable bonds is 2. The highest BCUT2D eigenvalue weighted by atomic mass is 16.2. The molecule has 2 aromatic rings. The lowest BCUT2D eigenvalue weighted by Gasteiger charge is -2.41. The van der Waals surface area contributed by atoms with E-state index in [0.717, 1.165) is 22.5 Å². The van der Waals surface area contributed by atoms with E-state index in [1.54, 1.807) is 0 Å². The number of para-hydroxylation sites is 1. The van der Waals surface area contributed by atoms with Crippen molar-refractivity contribution < 1.29 is 4.79 Å². The van der Waals surface area contributed by atoms with Crippen LogP contribution < -0.4 is 9.91 Å². The number of hydrogen-bond acceptors (Lipinski definition) is 3.